The molecule has 0 aromatic rings. The van der Waals surface area contributed by atoms with Gasteiger partial charge in [-0.2, -0.15) is 0 Å². The Morgan fingerprint density at radius 3 is 0.947 bits per heavy atom. The normalized spacial score (nSPS) is 26.5. The summed E-state index contributed by atoms with van der Waals surface area (Å²) >= 11 is 16.2. The first kappa shape index (κ1) is 15.9. The zero-order valence-electron chi connectivity index (χ0n) is 9.59. The SMILES string of the molecule is C1CSC2=C(S1)SC(=C1SC3=C(SCCS3)S1)S2.O. The fourth-order valence-corrected chi connectivity index (χ4v) is 13.8. The standard InChI is InChI=1S/C10H8S8.H2O/c1-2-12-6-5(11-1)15-9(16-6)10-17-7-8(18-10)14-4-3-13-7;/h1-4H2;1H2. The molecule has 0 fully saturated rings. The summed E-state index contributed by atoms with van der Waals surface area (Å²) in [6.45, 7) is 0. The van der Waals surface area contributed by atoms with Crippen LogP contribution in [0.2, 0.25) is 0 Å². The highest BCUT2D eigenvalue weighted by atomic mass is 32.3. The van der Waals surface area contributed by atoms with Crippen LogP contribution in [0.1, 0.15) is 0 Å². The van der Waals surface area contributed by atoms with Crippen molar-refractivity contribution in [3.63, 3.8) is 0 Å². The van der Waals surface area contributed by atoms with Crippen LogP contribution in [0.3, 0.4) is 0 Å². The molecule has 1 nitrogen and oxygen atoms in total. The van der Waals surface area contributed by atoms with Crippen molar-refractivity contribution in [3.8, 4) is 0 Å². The van der Waals surface area contributed by atoms with Crippen LogP contribution in [0.5, 0.6) is 0 Å². The molecule has 0 saturated heterocycles. The van der Waals surface area contributed by atoms with Gasteiger partial charge < -0.3 is 5.48 Å². The molecule has 19 heavy (non-hydrogen) atoms. The lowest BCUT2D eigenvalue weighted by Crippen LogP contribution is -1.88. The van der Waals surface area contributed by atoms with Gasteiger partial charge in [-0.05, 0) is 0 Å². The van der Waals surface area contributed by atoms with E-state index in [0.29, 0.717) is 0 Å². The Bertz CT molecular complexity index is 410. The Morgan fingerprint density at radius 1 is 0.421 bits per heavy atom. The van der Waals surface area contributed by atoms with Crippen molar-refractivity contribution in [1.29, 1.82) is 0 Å². The maximum atomic E-state index is 2.05. The molecule has 9 heteroatoms. The average molecular weight is 403 g/mol. The predicted molar refractivity (Wildman–Crippen MR) is 105 cm³/mol. The first-order valence-corrected chi connectivity index (χ1v) is 12.6. The molecule has 0 bridgehead atoms. The fourth-order valence-electron chi connectivity index (χ4n) is 1.60. The van der Waals surface area contributed by atoms with Gasteiger partial charge in [-0.25, -0.2) is 0 Å². The lowest BCUT2D eigenvalue weighted by Gasteiger charge is -2.08. The Hall–Kier alpha value is 1.98. The van der Waals surface area contributed by atoms with E-state index in [1.54, 1.807) is 16.9 Å². The van der Waals surface area contributed by atoms with E-state index in [9.17, 15) is 0 Å². The number of hydrogen-bond acceptors (Lipinski definition) is 8. The maximum absolute atomic E-state index is 2.05. The maximum Gasteiger partial charge on any atom is 0.0717 e. The first-order chi connectivity index (χ1) is 8.90. The van der Waals surface area contributed by atoms with E-state index in [1.165, 1.54) is 31.5 Å². The molecule has 0 unspecified atom stereocenters. The van der Waals surface area contributed by atoms with Crippen molar-refractivity contribution >= 4 is 94.1 Å². The minimum atomic E-state index is 0. The van der Waals surface area contributed by atoms with Gasteiger partial charge in [0.15, 0.2) is 0 Å². The van der Waals surface area contributed by atoms with Crippen LogP contribution in [-0.4, -0.2) is 28.5 Å². The Balaban J connectivity index is 0.00000110. The molecule has 0 radical (unpaired) electrons. The molecule has 2 N–H and O–H groups in total. The van der Waals surface area contributed by atoms with E-state index in [0.717, 1.165) is 0 Å². The summed E-state index contributed by atoms with van der Waals surface area (Å²) in [4.78, 5) is 0. The third kappa shape index (κ3) is 3.34. The van der Waals surface area contributed by atoms with Crippen molar-refractivity contribution < 1.29 is 5.48 Å². The Labute approximate surface area is 146 Å². The van der Waals surface area contributed by atoms with E-state index in [1.807, 2.05) is 94.1 Å². The third-order valence-corrected chi connectivity index (χ3v) is 14.4. The monoisotopic (exact) mass is 402 g/mol. The molecule has 4 aliphatic heterocycles. The predicted octanol–water partition coefficient (Wildman–Crippen LogP) is 5.46. The van der Waals surface area contributed by atoms with Crippen LogP contribution in [0, 0.1) is 0 Å². The van der Waals surface area contributed by atoms with Gasteiger partial charge in [-0.1, -0.05) is 47.0 Å². The molecule has 4 aliphatic rings. The summed E-state index contributed by atoms with van der Waals surface area (Å²) < 4.78 is 9.31. The van der Waals surface area contributed by atoms with Gasteiger partial charge in [0.05, 0.1) is 25.4 Å². The molecule has 104 valence electrons. The second-order valence-corrected chi connectivity index (χ2v) is 13.6. The van der Waals surface area contributed by atoms with Crippen LogP contribution in [0.25, 0.3) is 0 Å². The molecule has 0 atom stereocenters. The molecule has 0 aromatic heterocycles. The van der Waals surface area contributed by atoms with Crippen LogP contribution >= 0.6 is 94.1 Å². The summed E-state index contributed by atoms with van der Waals surface area (Å²) in [7, 11) is 0. The third-order valence-electron chi connectivity index (χ3n) is 2.34. The van der Waals surface area contributed by atoms with Gasteiger partial charge in [0.1, 0.15) is 0 Å². The Morgan fingerprint density at radius 2 is 0.684 bits per heavy atom. The van der Waals surface area contributed by atoms with Gasteiger partial charge in [0, 0.05) is 23.0 Å². The first-order valence-electron chi connectivity index (χ1n) is 5.35. The minimum Gasteiger partial charge on any atom is -0.412 e. The van der Waals surface area contributed by atoms with Crippen LogP contribution in [0.15, 0.2) is 25.4 Å². The second-order valence-electron chi connectivity index (χ2n) is 3.53. The summed E-state index contributed by atoms with van der Waals surface area (Å²) in [6.07, 6.45) is 0. The van der Waals surface area contributed by atoms with Crippen molar-refractivity contribution in [1.82, 2.24) is 0 Å². The van der Waals surface area contributed by atoms with Crippen LogP contribution < -0.4 is 0 Å². The van der Waals surface area contributed by atoms with Crippen molar-refractivity contribution in [3.05, 3.63) is 25.4 Å². The van der Waals surface area contributed by atoms with Crippen molar-refractivity contribution in [2.24, 2.45) is 0 Å². The number of hydrogen-bond donors (Lipinski definition) is 0. The molecular formula is C10H10OS8. The summed E-state index contributed by atoms with van der Waals surface area (Å²) in [5.41, 5.74) is 0. The summed E-state index contributed by atoms with van der Waals surface area (Å²) in [5.74, 6) is 5.11. The lowest BCUT2D eigenvalue weighted by molar-refractivity contribution is 0.824. The molecule has 0 aliphatic carbocycles. The second kappa shape index (κ2) is 7.04. The molecule has 0 aromatic carbocycles. The van der Waals surface area contributed by atoms with Gasteiger partial charge in [0.2, 0.25) is 0 Å². The van der Waals surface area contributed by atoms with Crippen molar-refractivity contribution in [2.75, 3.05) is 23.0 Å². The average Bonchev–Trinajstić information content (AvgIpc) is 3.02. The largest absolute Gasteiger partial charge is 0.412 e. The Kier molecular flexibility index (Phi) is 5.87. The van der Waals surface area contributed by atoms with E-state index in [2.05, 4.69) is 0 Å². The van der Waals surface area contributed by atoms with Crippen LogP contribution in [-0.2, 0) is 0 Å². The van der Waals surface area contributed by atoms with Gasteiger partial charge in [-0.3, -0.25) is 0 Å². The van der Waals surface area contributed by atoms with E-state index in [4.69, 9.17) is 0 Å². The highest BCUT2D eigenvalue weighted by Gasteiger charge is 2.32. The highest BCUT2D eigenvalue weighted by molar-refractivity contribution is 8.45. The van der Waals surface area contributed by atoms with Gasteiger partial charge in [-0.15, -0.1) is 47.0 Å². The lowest BCUT2D eigenvalue weighted by atomic mass is 11.0. The quantitative estimate of drug-likeness (QED) is 0.528. The molecule has 0 spiro atoms. The minimum absolute atomic E-state index is 0. The van der Waals surface area contributed by atoms with Crippen LogP contribution in [0.4, 0.5) is 0 Å². The summed E-state index contributed by atoms with van der Waals surface area (Å²) in [5, 5.41) is 0. The zero-order chi connectivity index (χ0) is 11.9. The summed E-state index contributed by atoms with van der Waals surface area (Å²) in [6, 6.07) is 0. The number of rotatable bonds is 0. The molecule has 0 saturated carbocycles. The van der Waals surface area contributed by atoms with Gasteiger partial charge >= 0.3 is 0 Å². The smallest absolute Gasteiger partial charge is 0.0717 e. The van der Waals surface area contributed by atoms with Gasteiger partial charge in [0.25, 0.3) is 0 Å². The van der Waals surface area contributed by atoms with E-state index in [-0.39, 0.29) is 5.48 Å². The van der Waals surface area contributed by atoms with Crippen molar-refractivity contribution in [2.45, 2.75) is 0 Å². The van der Waals surface area contributed by atoms with E-state index < -0.39 is 0 Å². The highest BCUT2D eigenvalue weighted by Crippen LogP contribution is 2.67. The topological polar surface area (TPSA) is 31.5 Å². The molecule has 0 amide bonds. The van der Waals surface area contributed by atoms with E-state index >= 15 is 0 Å². The molecule has 4 heterocycles. The molecular weight excluding hydrogens is 393 g/mol. The molecule has 4 rings (SSSR count). The fraction of sp³-hybridized carbons (Fsp3) is 0.400. The number of thioether (sulfide) groups is 8. The zero-order valence-corrected chi connectivity index (χ0v) is 16.1.